The van der Waals surface area contributed by atoms with Gasteiger partial charge in [0.15, 0.2) is 0 Å². The highest BCUT2D eigenvalue weighted by atomic mass is 19.4. The average molecular weight is 199 g/mol. The lowest BCUT2D eigenvalue weighted by molar-refractivity contribution is -0.175. The predicted molar refractivity (Wildman–Crippen MR) is 40.0 cm³/mol. The first kappa shape index (κ1) is 12.2. The number of alkyl halides is 3. The van der Waals surface area contributed by atoms with Crippen molar-refractivity contribution in [1.82, 2.24) is 5.32 Å². The van der Waals surface area contributed by atoms with Gasteiger partial charge in [-0.3, -0.25) is 4.79 Å². The molecule has 0 bridgehead atoms. The largest absolute Gasteiger partial charge is 0.471 e. The van der Waals surface area contributed by atoms with Crippen LogP contribution in [-0.4, -0.2) is 28.8 Å². The molecule has 0 spiro atoms. The third-order valence-corrected chi connectivity index (χ3v) is 1.66. The van der Waals surface area contributed by atoms with Crippen molar-refractivity contribution < 1.29 is 23.1 Å². The number of rotatable bonds is 2. The molecule has 0 rings (SSSR count). The second kappa shape index (κ2) is 3.53. The van der Waals surface area contributed by atoms with E-state index < -0.39 is 23.7 Å². The Morgan fingerprint density at radius 1 is 1.38 bits per heavy atom. The predicted octanol–water partition coefficient (Wildman–Crippen LogP) is 0.824. The van der Waals surface area contributed by atoms with E-state index in [0.29, 0.717) is 0 Å². The van der Waals surface area contributed by atoms with E-state index >= 15 is 0 Å². The molecule has 1 atom stereocenters. The molecule has 0 aliphatic rings. The van der Waals surface area contributed by atoms with Crippen LogP contribution in [0.5, 0.6) is 0 Å². The Kier molecular flexibility index (Phi) is 3.32. The average Bonchev–Trinajstić information content (AvgIpc) is 1.82. The van der Waals surface area contributed by atoms with Gasteiger partial charge in [0, 0.05) is 0 Å². The van der Waals surface area contributed by atoms with Crippen molar-refractivity contribution in [3.05, 3.63) is 0 Å². The van der Waals surface area contributed by atoms with E-state index in [4.69, 9.17) is 0 Å². The van der Waals surface area contributed by atoms with Crippen molar-refractivity contribution in [2.45, 2.75) is 38.6 Å². The number of nitrogens with one attached hydrogen (secondary N) is 1. The first-order valence-electron chi connectivity index (χ1n) is 3.65. The number of halogens is 3. The van der Waals surface area contributed by atoms with Gasteiger partial charge < -0.3 is 10.4 Å². The summed E-state index contributed by atoms with van der Waals surface area (Å²) in [6.07, 6.45) is -4.90. The van der Waals surface area contributed by atoms with Crippen LogP contribution >= 0.6 is 0 Å². The molecule has 0 saturated heterocycles. The molecule has 0 fully saturated rings. The van der Waals surface area contributed by atoms with Crippen LogP contribution in [0.25, 0.3) is 0 Å². The van der Waals surface area contributed by atoms with E-state index in [1.165, 1.54) is 20.8 Å². The zero-order valence-electron chi connectivity index (χ0n) is 7.57. The fourth-order valence-corrected chi connectivity index (χ4v) is 0.455. The zero-order valence-corrected chi connectivity index (χ0v) is 7.57. The van der Waals surface area contributed by atoms with Crippen LogP contribution < -0.4 is 5.32 Å². The maximum Gasteiger partial charge on any atom is 0.471 e. The molecule has 3 nitrogen and oxygen atoms in total. The van der Waals surface area contributed by atoms with Gasteiger partial charge in [-0.15, -0.1) is 0 Å². The number of hydrogen-bond donors (Lipinski definition) is 2. The van der Waals surface area contributed by atoms with Crippen LogP contribution in [0, 0.1) is 0 Å². The minimum Gasteiger partial charge on any atom is -0.388 e. The van der Waals surface area contributed by atoms with Crippen LogP contribution in [0.1, 0.15) is 20.8 Å². The van der Waals surface area contributed by atoms with Crippen molar-refractivity contribution in [3.8, 4) is 0 Å². The Hall–Kier alpha value is -0.780. The zero-order chi connectivity index (χ0) is 10.9. The van der Waals surface area contributed by atoms with E-state index in [-0.39, 0.29) is 0 Å². The Morgan fingerprint density at radius 2 is 1.77 bits per heavy atom. The van der Waals surface area contributed by atoms with Crippen molar-refractivity contribution in [1.29, 1.82) is 0 Å². The number of aliphatic hydroxyl groups is 1. The summed E-state index contributed by atoms with van der Waals surface area (Å²) in [5, 5.41) is 10.9. The number of amides is 1. The normalized spacial score (nSPS) is 15.3. The molecule has 1 amide bonds. The van der Waals surface area contributed by atoms with Gasteiger partial charge >= 0.3 is 12.1 Å². The molecular weight excluding hydrogens is 187 g/mol. The van der Waals surface area contributed by atoms with Crippen molar-refractivity contribution >= 4 is 5.91 Å². The molecular formula is C7H12F3NO2. The maximum atomic E-state index is 11.7. The number of hydrogen-bond acceptors (Lipinski definition) is 2. The molecule has 0 aliphatic heterocycles. The quantitative estimate of drug-likeness (QED) is 0.691. The van der Waals surface area contributed by atoms with Crippen LogP contribution in [-0.2, 0) is 4.79 Å². The fraction of sp³-hybridized carbons (Fsp3) is 0.857. The second-order valence-electron chi connectivity index (χ2n) is 3.35. The molecule has 1 unspecified atom stereocenters. The molecule has 6 heteroatoms. The Morgan fingerprint density at radius 3 is 2.00 bits per heavy atom. The molecule has 2 N–H and O–H groups in total. The van der Waals surface area contributed by atoms with Gasteiger partial charge in [-0.05, 0) is 20.8 Å². The molecule has 0 aromatic carbocycles. The summed E-state index contributed by atoms with van der Waals surface area (Å²) in [5.41, 5.74) is -1.37. The SMILES string of the molecule is CC(NC(=O)C(F)(F)F)C(C)(C)O. The summed E-state index contributed by atoms with van der Waals surface area (Å²) < 4.78 is 35.1. The summed E-state index contributed by atoms with van der Waals surface area (Å²) in [5.74, 6) is -2.04. The monoisotopic (exact) mass is 199 g/mol. The van der Waals surface area contributed by atoms with Crippen molar-refractivity contribution in [2.24, 2.45) is 0 Å². The molecule has 0 saturated carbocycles. The Bertz CT molecular complexity index is 195. The topological polar surface area (TPSA) is 49.3 Å². The highest BCUT2D eigenvalue weighted by Gasteiger charge is 2.40. The summed E-state index contributed by atoms with van der Waals surface area (Å²) in [6, 6.07) is -0.957. The molecule has 0 heterocycles. The van der Waals surface area contributed by atoms with E-state index in [9.17, 15) is 23.1 Å². The highest BCUT2D eigenvalue weighted by molar-refractivity contribution is 5.82. The first-order valence-corrected chi connectivity index (χ1v) is 3.65. The van der Waals surface area contributed by atoms with Crippen LogP contribution in [0.4, 0.5) is 13.2 Å². The summed E-state index contributed by atoms with van der Waals surface area (Å²) in [7, 11) is 0. The van der Waals surface area contributed by atoms with Gasteiger partial charge in [-0.2, -0.15) is 13.2 Å². The van der Waals surface area contributed by atoms with Gasteiger partial charge in [0.1, 0.15) is 0 Å². The highest BCUT2D eigenvalue weighted by Crippen LogP contribution is 2.16. The standard InChI is InChI=1S/C7H12F3NO2/c1-4(6(2,3)13)11-5(12)7(8,9)10/h4,13H,1-3H3,(H,11,12). The van der Waals surface area contributed by atoms with E-state index in [0.717, 1.165) is 0 Å². The lowest BCUT2D eigenvalue weighted by atomic mass is 10.0. The Balaban J connectivity index is 4.24. The summed E-state index contributed by atoms with van der Waals surface area (Å²) in [4.78, 5) is 10.4. The molecule has 0 aliphatic carbocycles. The first-order chi connectivity index (χ1) is 5.55. The molecule has 0 radical (unpaired) electrons. The minimum atomic E-state index is -4.90. The van der Waals surface area contributed by atoms with Crippen LogP contribution in [0.2, 0.25) is 0 Å². The lowest BCUT2D eigenvalue weighted by Gasteiger charge is -2.26. The van der Waals surface area contributed by atoms with E-state index in [2.05, 4.69) is 0 Å². The maximum absolute atomic E-state index is 11.7. The third-order valence-electron chi connectivity index (χ3n) is 1.66. The molecule has 13 heavy (non-hydrogen) atoms. The lowest BCUT2D eigenvalue weighted by Crippen LogP contribution is -2.51. The third kappa shape index (κ3) is 4.12. The van der Waals surface area contributed by atoms with Crippen LogP contribution in [0.15, 0.2) is 0 Å². The van der Waals surface area contributed by atoms with Crippen LogP contribution in [0.3, 0.4) is 0 Å². The minimum absolute atomic E-state index is 0.957. The van der Waals surface area contributed by atoms with E-state index in [1.54, 1.807) is 5.32 Å². The van der Waals surface area contributed by atoms with Gasteiger partial charge in [-0.1, -0.05) is 0 Å². The molecule has 0 aromatic rings. The van der Waals surface area contributed by atoms with Crippen molar-refractivity contribution in [2.75, 3.05) is 0 Å². The van der Waals surface area contributed by atoms with Crippen molar-refractivity contribution in [3.63, 3.8) is 0 Å². The molecule has 0 aromatic heterocycles. The summed E-state index contributed by atoms with van der Waals surface area (Å²) in [6.45, 7) is 3.92. The smallest absolute Gasteiger partial charge is 0.388 e. The van der Waals surface area contributed by atoms with Gasteiger partial charge in [0.25, 0.3) is 0 Å². The van der Waals surface area contributed by atoms with Gasteiger partial charge in [0.2, 0.25) is 0 Å². The van der Waals surface area contributed by atoms with E-state index in [1.807, 2.05) is 0 Å². The fourth-order valence-electron chi connectivity index (χ4n) is 0.455. The second-order valence-corrected chi connectivity index (χ2v) is 3.35. The van der Waals surface area contributed by atoms with Gasteiger partial charge in [-0.25, -0.2) is 0 Å². The van der Waals surface area contributed by atoms with Gasteiger partial charge in [0.05, 0.1) is 11.6 Å². The Labute approximate surface area is 73.9 Å². The number of carbonyl (C=O) groups is 1. The summed E-state index contributed by atoms with van der Waals surface area (Å²) >= 11 is 0. The molecule has 78 valence electrons. The number of carbonyl (C=O) groups excluding carboxylic acids is 1.